The summed E-state index contributed by atoms with van der Waals surface area (Å²) in [5.74, 6) is -4.85. The summed E-state index contributed by atoms with van der Waals surface area (Å²) in [5.41, 5.74) is -0.302. The highest BCUT2D eigenvalue weighted by Gasteiger charge is 2.46. The molecule has 2 aliphatic rings. The molecule has 4 unspecified atom stereocenters. The highest BCUT2D eigenvalue weighted by atomic mass is 31.2. The van der Waals surface area contributed by atoms with Gasteiger partial charge >= 0.3 is 25.6 Å². The van der Waals surface area contributed by atoms with E-state index in [4.69, 9.17) is 23.3 Å². The second-order valence-corrected chi connectivity index (χ2v) is 16.3. The largest absolute Gasteiger partial charge is 0.446 e. The predicted octanol–water partition coefficient (Wildman–Crippen LogP) is 6.18. The Balaban J connectivity index is 1.52. The van der Waals surface area contributed by atoms with Crippen molar-refractivity contribution in [2.45, 2.75) is 90.2 Å². The van der Waals surface area contributed by atoms with Crippen molar-refractivity contribution in [3.63, 3.8) is 0 Å². The summed E-state index contributed by atoms with van der Waals surface area (Å²) >= 11 is 0. The van der Waals surface area contributed by atoms with Crippen molar-refractivity contribution in [3.05, 3.63) is 84.4 Å². The molecule has 1 saturated heterocycles. The zero-order valence-corrected chi connectivity index (χ0v) is 31.6. The van der Waals surface area contributed by atoms with Crippen LogP contribution in [0.2, 0.25) is 0 Å². The molecule has 1 aliphatic heterocycles. The van der Waals surface area contributed by atoms with Gasteiger partial charge in [-0.3, -0.25) is 23.2 Å². The first-order valence-electron chi connectivity index (χ1n) is 17.8. The molecule has 1 heterocycles. The first-order valence-corrected chi connectivity index (χ1v) is 19.4. The number of alkyl carbamates (subject to hydrolysis) is 1. The lowest BCUT2D eigenvalue weighted by Crippen LogP contribution is -2.58. The van der Waals surface area contributed by atoms with Gasteiger partial charge in [-0.1, -0.05) is 70.2 Å². The van der Waals surface area contributed by atoms with Gasteiger partial charge in [0.15, 0.2) is 0 Å². The number of ether oxygens (including phenoxy) is 3. The second kappa shape index (κ2) is 19.0. The summed E-state index contributed by atoms with van der Waals surface area (Å²) in [6.45, 7) is 9.37. The maximum atomic E-state index is 14.6. The SMILES string of the molecule is C=CC(C)C(NC(=O)C1CCCN1C(=O)C(NC(=O)OC1CCCC1)C(C)(C)C)P(=O)(OCOC(=O)c1ccccc1)OCOC(=O)c1ccccc1. The van der Waals surface area contributed by atoms with Crippen molar-refractivity contribution in [2.24, 2.45) is 11.3 Å². The molecule has 2 aromatic rings. The third-order valence-electron chi connectivity index (χ3n) is 9.15. The fraction of sp³-hybridized carbons (Fsp3) is 0.500. The molecule has 2 aromatic carbocycles. The van der Waals surface area contributed by atoms with Crippen LogP contribution >= 0.6 is 7.60 Å². The van der Waals surface area contributed by atoms with Crippen LogP contribution in [-0.4, -0.2) is 78.8 Å². The molecule has 4 atom stereocenters. The van der Waals surface area contributed by atoms with Crippen LogP contribution in [0, 0.1) is 11.3 Å². The number of carbonyl (C=O) groups excluding carboxylic acids is 5. The summed E-state index contributed by atoms with van der Waals surface area (Å²) in [7, 11) is -4.55. The highest BCUT2D eigenvalue weighted by molar-refractivity contribution is 7.54. The lowest BCUT2D eigenvalue weighted by atomic mass is 9.85. The average molecular weight is 756 g/mol. The Kier molecular flexibility index (Phi) is 14.8. The fourth-order valence-electron chi connectivity index (χ4n) is 6.12. The molecular weight excluding hydrogens is 705 g/mol. The summed E-state index contributed by atoms with van der Waals surface area (Å²) in [5, 5.41) is 5.47. The molecule has 2 N–H and O–H groups in total. The van der Waals surface area contributed by atoms with Gasteiger partial charge in [-0.15, -0.1) is 6.58 Å². The van der Waals surface area contributed by atoms with Gasteiger partial charge in [-0.2, -0.15) is 0 Å². The van der Waals surface area contributed by atoms with Gasteiger partial charge in [0, 0.05) is 12.5 Å². The van der Waals surface area contributed by atoms with E-state index in [1.165, 1.54) is 35.2 Å². The van der Waals surface area contributed by atoms with Crippen molar-refractivity contribution in [3.8, 4) is 0 Å². The lowest BCUT2D eigenvalue weighted by Gasteiger charge is -2.36. The maximum Gasteiger partial charge on any atom is 0.408 e. The Hall–Kier alpha value is -4.52. The molecule has 1 saturated carbocycles. The number of benzene rings is 2. The van der Waals surface area contributed by atoms with Gasteiger partial charge in [0.1, 0.15) is 24.0 Å². The Morgan fingerprint density at radius 1 is 0.849 bits per heavy atom. The third-order valence-corrected chi connectivity index (χ3v) is 11.4. The van der Waals surface area contributed by atoms with Crippen molar-refractivity contribution >= 4 is 37.4 Å². The number of carbonyl (C=O) groups is 5. The minimum atomic E-state index is -4.55. The Labute approximate surface area is 310 Å². The average Bonchev–Trinajstić information content (AvgIpc) is 3.85. The standard InChI is InChI=1S/C38H50N3O11P/c1-6-26(2)33(40-32(42)30-22-15-23-41(30)34(43)31(38(3,4)5)39-37(46)52-29-20-13-14-21-29)53(47,50-24-48-35(44)27-16-9-7-10-17-27)51-25-49-36(45)28-18-11-8-12-19-28/h6-12,16-19,26,29-31,33H,1,13-15,20-25H2,2-5H3,(H,39,46)(H,40,42). The first kappa shape index (κ1) is 41.2. The van der Waals surface area contributed by atoms with Gasteiger partial charge in [-0.05, 0) is 68.2 Å². The van der Waals surface area contributed by atoms with Gasteiger partial charge in [0.05, 0.1) is 11.1 Å². The molecule has 3 amide bonds. The molecule has 53 heavy (non-hydrogen) atoms. The van der Waals surface area contributed by atoms with Crippen LogP contribution in [0.5, 0.6) is 0 Å². The Morgan fingerprint density at radius 2 is 1.38 bits per heavy atom. The van der Waals surface area contributed by atoms with E-state index in [1.807, 2.05) is 0 Å². The Bertz CT molecular complexity index is 1570. The topological polar surface area (TPSA) is 176 Å². The van der Waals surface area contributed by atoms with Gasteiger partial charge in [-0.25, -0.2) is 14.4 Å². The fourth-order valence-corrected chi connectivity index (χ4v) is 7.89. The van der Waals surface area contributed by atoms with Crippen LogP contribution in [-0.2, 0) is 37.4 Å². The number of nitrogens with zero attached hydrogens (tertiary/aromatic N) is 1. The van der Waals surface area contributed by atoms with Gasteiger partial charge < -0.3 is 29.7 Å². The summed E-state index contributed by atoms with van der Waals surface area (Å²) in [6.07, 6.45) is 4.77. The second-order valence-electron chi connectivity index (χ2n) is 14.1. The summed E-state index contributed by atoms with van der Waals surface area (Å²) < 4.78 is 41.8. The lowest BCUT2D eigenvalue weighted by molar-refractivity contribution is -0.142. The summed E-state index contributed by atoms with van der Waals surface area (Å²) in [6, 6.07) is 14.1. The van der Waals surface area contributed by atoms with Crippen LogP contribution in [0.3, 0.4) is 0 Å². The number of hydrogen-bond acceptors (Lipinski definition) is 11. The molecule has 0 bridgehead atoms. The molecule has 0 spiro atoms. The van der Waals surface area contributed by atoms with Crippen LogP contribution in [0.25, 0.3) is 0 Å². The highest BCUT2D eigenvalue weighted by Crippen LogP contribution is 2.55. The molecule has 0 aromatic heterocycles. The molecule has 14 nitrogen and oxygen atoms in total. The zero-order chi connectivity index (χ0) is 38.6. The van der Waals surface area contributed by atoms with Crippen molar-refractivity contribution < 1.29 is 51.8 Å². The number of hydrogen-bond donors (Lipinski definition) is 2. The van der Waals surface area contributed by atoms with E-state index in [-0.39, 0.29) is 30.2 Å². The van der Waals surface area contributed by atoms with Crippen LogP contribution in [0.4, 0.5) is 4.79 Å². The normalized spacial score (nSPS) is 18.0. The smallest absolute Gasteiger partial charge is 0.408 e. The van der Waals surface area contributed by atoms with E-state index in [0.29, 0.717) is 6.42 Å². The van der Waals surface area contributed by atoms with E-state index >= 15 is 0 Å². The zero-order valence-electron chi connectivity index (χ0n) is 30.7. The molecular formula is C38H50N3O11P. The number of esters is 2. The van der Waals surface area contributed by atoms with Crippen molar-refractivity contribution in [1.82, 2.24) is 15.5 Å². The minimum Gasteiger partial charge on any atom is -0.446 e. The molecule has 15 heteroatoms. The van der Waals surface area contributed by atoms with Gasteiger partial charge in [0.2, 0.25) is 25.4 Å². The quantitative estimate of drug-likeness (QED) is 0.0658. The molecule has 288 valence electrons. The van der Waals surface area contributed by atoms with E-state index < -0.39 is 80.2 Å². The van der Waals surface area contributed by atoms with Crippen LogP contribution in [0.1, 0.15) is 86.9 Å². The van der Waals surface area contributed by atoms with E-state index in [1.54, 1.807) is 64.1 Å². The van der Waals surface area contributed by atoms with Gasteiger partial charge in [0.25, 0.3) is 0 Å². The first-order chi connectivity index (χ1) is 25.2. The van der Waals surface area contributed by atoms with Crippen LogP contribution < -0.4 is 10.6 Å². The molecule has 2 fully saturated rings. The van der Waals surface area contributed by atoms with E-state index in [0.717, 1.165) is 25.7 Å². The van der Waals surface area contributed by atoms with Crippen molar-refractivity contribution in [1.29, 1.82) is 0 Å². The van der Waals surface area contributed by atoms with Crippen LogP contribution in [0.15, 0.2) is 73.3 Å². The maximum absolute atomic E-state index is 14.6. The predicted molar refractivity (Wildman–Crippen MR) is 194 cm³/mol. The number of nitrogens with one attached hydrogen (secondary N) is 2. The molecule has 0 radical (unpaired) electrons. The number of rotatable bonds is 16. The molecule has 4 rings (SSSR count). The third kappa shape index (κ3) is 11.5. The van der Waals surface area contributed by atoms with E-state index in [9.17, 15) is 28.5 Å². The Morgan fingerprint density at radius 3 is 1.87 bits per heavy atom. The van der Waals surface area contributed by atoms with E-state index in [2.05, 4.69) is 17.2 Å². The monoisotopic (exact) mass is 755 g/mol. The van der Waals surface area contributed by atoms with Crippen molar-refractivity contribution in [2.75, 3.05) is 20.1 Å². The minimum absolute atomic E-state index is 0.205. The summed E-state index contributed by atoms with van der Waals surface area (Å²) in [4.78, 5) is 67.6. The number of amides is 3. The number of likely N-dealkylation sites (tertiary alicyclic amines) is 1. The molecule has 1 aliphatic carbocycles.